The van der Waals surface area contributed by atoms with Gasteiger partial charge >= 0.3 is 0 Å². The normalized spacial score (nSPS) is 22.1. The molecule has 1 saturated carbocycles. The number of fused-ring (bicyclic) bond motifs is 2. The van der Waals surface area contributed by atoms with E-state index in [1.54, 1.807) is 6.07 Å². The van der Waals surface area contributed by atoms with Gasteiger partial charge in [-0.2, -0.15) is 0 Å². The third kappa shape index (κ3) is 3.71. The first-order chi connectivity index (χ1) is 16.5. The molecule has 3 aromatic rings. The fourth-order valence-corrected chi connectivity index (χ4v) is 6.25. The summed E-state index contributed by atoms with van der Waals surface area (Å²) in [4.78, 5) is 33.6. The lowest BCUT2D eigenvalue weighted by Gasteiger charge is -2.27. The van der Waals surface area contributed by atoms with Crippen molar-refractivity contribution in [2.24, 2.45) is 11.8 Å². The van der Waals surface area contributed by atoms with Gasteiger partial charge in [0.2, 0.25) is 0 Å². The summed E-state index contributed by atoms with van der Waals surface area (Å²) in [5.74, 6) is 1.38. The van der Waals surface area contributed by atoms with Crippen LogP contribution in [0.5, 0.6) is 5.75 Å². The van der Waals surface area contributed by atoms with Gasteiger partial charge in [0.25, 0.3) is 11.8 Å². The molecule has 0 unspecified atom stereocenters. The number of nitrogens with one attached hydrogen (secondary N) is 1. The third-order valence-electron chi connectivity index (χ3n) is 6.96. The highest BCUT2D eigenvalue weighted by atomic mass is 35.5. The second kappa shape index (κ2) is 8.29. The molecule has 3 N–H and O–H groups in total. The molecule has 0 radical (unpaired) electrons. The average Bonchev–Trinajstić information content (AvgIpc) is 3.16. The molecule has 6 rings (SSSR count). The zero-order chi connectivity index (χ0) is 23.4. The smallest absolute Gasteiger partial charge is 0.274 e. The van der Waals surface area contributed by atoms with E-state index < -0.39 is 0 Å². The van der Waals surface area contributed by atoms with E-state index in [9.17, 15) is 9.59 Å². The van der Waals surface area contributed by atoms with Crippen LogP contribution < -0.4 is 15.8 Å². The number of hydrogen-bond donors (Lipinski definition) is 2. The maximum absolute atomic E-state index is 13.6. The molecule has 3 aliphatic rings. The van der Waals surface area contributed by atoms with Crippen molar-refractivity contribution in [3.05, 3.63) is 64.3 Å². The molecule has 34 heavy (non-hydrogen) atoms. The summed E-state index contributed by atoms with van der Waals surface area (Å²) in [7, 11) is 0. The average molecular weight is 495 g/mol. The van der Waals surface area contributed by atoms with Crippen molar-refractivity contribution in [3.8, 4) is 16.2 Å². The summed E-state index contributed by atoms with van der Waals surface area (Å²) in [5, 5.41) is 4.00. The van der Waals surface area contributed by atoms with Gasteiger partial charge in [0, 0.05) is 35.7 Å². The Balaban J connectivity index is 1.22. The Kier molecular flexibility index (Phi) is 5.22. The highest BCUT2D eigenvalue weighted by molar-refractivity contribution is 7.19. The molecule has 0 spiro atoms. The molecule has 1 aromatic heterocycles. The first-order valence-electron chi connectivity index (χ1n) is 11.4. The zero-order valence-electron chi connectivity index (χ0n) is 18.3. The Bertz CT molecular complexity index is 1310. The first kappa shape index (κ1) is 21.4. The van der Waals surface area contributed by atoms with Gasteiger partial charge in [0.05, 0.1) is 17.5 Å². The van der Waals surface area contributed by atoms with Crippen LogP contribution in [0.4, 0.5) is 5.13 Å². The Labute approximate surface area is 205 Å². The lowest BCUT2D eigenvalue weighted by molar-refractivity contribution is 0.0690. The van der Waals surface area contributed by atoms with Crippen molar-refractivity contribution in [2.45, 2.75) is 18.9 Å². The van der Waals surface area contributed by atoms with Gasteiger partial charge in [-0.25, -0.2) is 4.98 Å². The minimum atomic E-state index is -0.150. The zero-order valence-corrected chi connectivity index (χ0v) is 19.9. The molecule has 2 fully saturated rings. The Morgan fingerprint density at radius 2 is 2.12 bits per heavy atom. The number of amides is 2. The van der Waals surface area contributed by atoms with Gasteiger partial charge in [-0.3, -0.25) is 9.59 Å². The number of nitrogens with zero attached hydrogens (tertiary/aromatic N) is 2. The van der Waals surface area contributed by atoms with Crippen LogP contribution >= 0.6 is 22.9 Å². The van der Waals surface area contributed by atoms with Gasteiger partial charge in [0.1, 0.15) is 11.4 Å². The number of carbonyl (C=O) groups is 2. The number of ether oxygens (including phenoxy) is 1. The van der Waals surface area contributed by atoms with E-state index in [0.717, 1.165) is 29.7 Å². The summed E-state index contributed by atoms with van der Waals surface area (Å²) in [6.07, 6.45) is 1.81. The van der Waals surface area contributed by atoms with E-state index in [4.69, 9.17) is 22.1 Å². The molecule has 7 nitrogen and oxygen atoms in total. The number of nitrogen functional groups attached to an aromatic ring is 1. The molecule has 0 bridgehead atoms. The monoisotopic (exact) mass is 494 g/mol. The molecule has 3 atom stereocenters. The number of carbonyl (C=O) groups excluding carboxylic acids is 2. The highest BCUT2D eigenvalue weighted by Gasteiger charge is 2.54. The van der Waals surface area contributed by atoms with Crippen molar-refractivity contribution in [2.75, 3.05) is 25.4 Å². The minimum absolute atomic E-state index is 0.0652. The predicted octanol–water partition coefficient (Wildman–Crippen LogP) is 3.87. The van der Waals surface area contributed by atoms with Crippen LogP contribution in [-0.4, -0.2) is 47.4 Å². The van der Waals surface area contributed by atoms with Crippen molar-refractivity contribution in [1.82, 2.24) is 15.2 Å². The molecule has 2 amide bonds. The molecular weight excluding hydrogens is 472 g/mol. The maximum Gasteiger partial charge on any atom is 0.274 e. The van der Waals surface area contributed by atoms with Crippen LogP contribution in [0.25, 0.3) is 10.4 Å². The van der Waals surface area contributed by atoms with Crippen LogP contribution in [0.15, 0.2) is 42.5 Å². The SMILES string of the molecule is Nc1nc(C(=O)N2C[C@H]3C[C@H]3[C@H]2CNC(=O)c2cccc3c2CCO3)c(-c2cccc(Cl)c2)s1. The van der Waals surface area contributed by atoms with Crippen molar-refractivity contribution < 1.29 is 14.3 Å². The van der Waals surface area contributed by atoms with E-state index in [0.29, 0.717) is 57.8 Å². The number of likely N-dealkylation sites (tertiary alicyclic amines) is 1. The Hall–Kier alpha value is -3.10. The highest BCUT2D eigenvalue weighted by Crippen LogP contribution is 2.50. The number of piperidine rings is 1. The van der Waals surface area contributed by atoms with Gasteiger partial charge in [-0.15, -0.1) is 0 Å². The number of hydrogen-bond acceptors (Lipinski definition) is 6. The lowest BCUT2D eigenvalue weighted by Crippen LogP contribution is -2.45. The number of anilines is 1. The number of rotatable bonds is 5. The molecule has 1 saturated heterocycles. The number of nitrogens with two attached hydrogens (primary N) is 1. The molecular formula is C25H23ClN4O3S. The van der Waals surface area contributed by atoms with Crippen molar-refractivity contribution in [3.63, 3.8) is 0 Å². The fourth-order valence-electron chi connectivity index (χ4n) is 5.24. The second-order valence-electron chi connectivity index (χ2n) is 9.02. The molecule has 2 aromatic carbocycles. The van der Waals surface area contributed by atoms with E-state index >= 15 is 0 Å². The van der Waals surface area contributed by atoms with E-state index in [-0.39, 0.29) is 17.9 Å². The quantitative estimate of drug-likeness (QED) is 0.561. The number of halogens is 1. The summed E-state index contributed by atoms with van der Waals surface area (Å²) in [6.45, 7) is 1.67. The van der Waals surface area contributed by atoms with Gasteiger partial charge in [0.15, 0.2) is 5.13 Å². The summed E-state index contributed by atoms with van der Waals surface area (Å²) < 4.78 is 5.59. The molecule has 1 aliphatic carbocycles. The molecule has 9 heteroatoms. The third-order valence-corrected chi connectivity index (χ3v) is 8.12. The van der Waals surface area contributed by atoms with E-state index in [2.05, 4.69) is 10.3 Å². The summed E-state index contributed by atoms with van der Waals surface area (Å²) >= 11 is 7.46. The predicted molar refractivity (Wildman–Crippen MR) is 131 cm³/mol. The number of aromatic nitrogens is 1. The second-order valence-corrected chi connectivity index (χ2v) is 10.5. The lowest BCUT2D eigenvalue weighted by atomic mass is 10.0. The minimum Gasteiger partial charge on any atom is -0.493 e. The van der Waals surface area contributed by atoms with Crippen LogP contribution in [0.2, 0.25) is 5.02 Å². The number of thiazole rings is 1. The largest absolute Gasteiger partial charge is 0.493 e. The molecule has 2 aliphatic heterocycles. The summed E-state index contributed by atoms with van der Waals surface area (Å²) in [6, 6.07) is 12.8. The van der Waals surface area contributed by atoms with Gasteiger partial charge in [-0.1, -0.05) is 41.1 Å². The van der Waals surface area contributed by atoms with Crippen LogP contribution in [0.1, 0.15) is 32.8 Å². The van der Waals surface area contributed by atoms with Gasteiger partial charge < -0.3 is 20.7 Å². The first-order valence-corrected chi connectivity index (χ1v) is 12.5. The fraction of sp³-hybridized carbons (Fsp3) is 0.320. The number of benzene rings is 2. The van der Waals surface area contributed by atoms with Gasteiger partial charge in [-0.05, 0) is 48.1 Å². The van der Waals surface area contributed by atoms with Crippen molar-refractivity contribution in [1.29, 1.82) is 0 Å². The van der Waals surface area contributed by atoms with Crippen LogP contribution in [-0.2, 0) is 6.42 Å². The summed E-state index contributed by atoms with van der Waals surface area (Å²) in [5.41, 5.74) is 8.77. The standard InChI is InChI=1S/C25H23ClN4O3S/c26-15-4-1-3-13(9-15)22-21(29-25(27)34-22)24(32)30-12-14-10-18(14)19(30)11-28-23(31)17-5-2-6-20-16(17)7-8-33-20/h1-6,9,14,18-19H,7-8,10-12H2,(H2,27,29)(H,28,31)/t14-,18-,19-/m1/s1. The topological polar surface area (TPSA) is 97.5 Å². The Morgan fingerprint density at radius 1 is 1.26 bits per heavy atom. The van der Waals surface area contributed by atoms with Crippen molar-refractivity contribution >= 4 is 39.9 Å². The van der Waals surface area contributed by atoms with E-state index in [1.807, 2.05) is 41.3 Å². The molecule has 174 valence electrons. The van der Waals surface area contributed by atoms with E-state index in [1.165, 1.54) is 11.3 Å². The maximum atomic E-state index is 13.6. The van der Waals surface area contributed by atoms with Crippen LogP contribution in [0.3, 0.4) is 0 Å². The Morgan fingerprint density at radius 3 is 2.97 bits per heavy atom. The molecule has 3 heterocycles. The van der Waals surface area contributed by atoms with Crippen LogP contribution in [0, 0.1) is 11.8 Å².